The van der Waals surface area contributed by atoms with Crippen molar-refractivity contribution in [1.82, 2.24) is 0 Å². The van der Waals surface area contributed by atoms with E-state index in [9.17, 15) is 24.1 Å². The second-order valence-electron chi connectivity index (χ2n) is 4.73. The van der Waals surface area contributed by atoms with Gasteiger partial charge in [0.05, 0.1) is 18.4 Å². The highest BCUT2D eigenvalue weighted by Gasteiger charge is 2.44. The van der Waals surface area contributed by atoms with Gasteiger partial charge in [0, 0.05) is 0 Å². The van der Waals surface area contributed by atoms with Crippen LogP contribution in [0.3, 0.4) is 0 Å². The van der Waals surface area contributed by atoms with Crippen LogP contribution in [0, 0.1) is 5.82 Å². The Hall–Kier alpha value is -0.980. The molecule has 0 aromatic heterocycles. The number of hydrogen-bond donors (Lipinski definition) is 3. The van der Waals surface area contributed by atoms with Crippen LogP contribution in [-0.2, 0) is 9.30 Å². The molecule has 6 nitrogen and oxygen atoms in total. The molecule has 2 unspecified atom stereocenters. The molecular formula is C12H16FO6P. The molecule has 1 aromatic rings. The Kier molecular flexibility index (Phi) is 4.46. The molecule has 112 valence electrons. The lowest BCUT2D eigenvalue weighted by molar-refractivity contribution is 0.0277. The van der Waals surface area contributed by atoms with Crippen molar-refractivity contribution in [3.8, 4) is 5.75 Å². The fraction of sp³-hybridized carbons (Fsp3) is 0.500. The lowest BCUT2D eigenvalue weighted by atomic mass is 10.1. The molecule has 8 heteroatoms. The van der Waals surface area contributed by atoms with E-state index in [-0.39, 0.29) is 5.75 Å². The third-order valence-electron chi connectivity index (χ3n) is 3.07. The van der Waals surface area contributed by atoms with Gasteiger partial charge in [-0.2, -0.15) is 0 Å². The normalized spacial score (nSPS) is 32.9. The van der Waals surface area contributed by atoms with Crippen molar-refractivity contribution in [2.24, 2.45) is 0 Å². The minimum absolute atomic E-state index is 0.0401. The van der Waals surface area contributed by atoms with Crippen molar-refractivity contribution in [2.45, 2.75) is 31.3 Å². The van der Waals surface area contributed by atoms with Crippen LogP contribution in [0.4, 0.5) is 4.39 Å². The number of aliphatic hydroxyl groups excluding tert-OH is 2. The Morgan fingerprint density at radius 3 is 2.40 bits per heavy atom. The van der Waals surface area contributed by atoms with Crippen molar-refractivity contribution < 1.29 is 33.3 Å². The molecule has 0 amide bonds. The highest BCUT2D eigenvalue weighted by Crippen LogP contribution is 2.45. The van der Waals surface area contributed by atoms with Crippen molar-refractivity contribution in [3.63, 3.8) is 0 Å². The fourth-order valence-electron chi connectivity index (χ4n) is 2.01. The Morgan fingerprint density at radius 2 is 1.90 bits per heavy atom. The summed E-state index contributed by atoms with van der Waals surface area (Å²) in [5.41, 5.74) is 0. The van der Waals surface area contributed by atoms with Gasteiger partial charge in [-0.05, 0) is 31.2 Å². The molecule has 1 aromatic carbocycles. The molecule has 20 heavy (non-hydrogen) atoms. The highest BCUT2D eigenvalue weighted by atomic mass is 31.2. The zero-order valence-electron chi connectivity index (χ0n) is 10.7. The van der Waals surface area contributed by atoms with Gasteiger partial charge in [-0.1, -0.05) is 0 Å². The molecule has 5 atom stereocenters. The molecule has 0 bridgehead atoms. The zero-order chi connectivity index (χ0) is 14.9. The topological polar surface area (TPSA) is 96.2 Å². The van der Waals surface area contributed by atoms with Crippen molar-refractivity contribution in [2.75, 3.05) is 6.16 Å². The molecule has 3 N–H and O–H groups in total. The second kappa shape index (κ2) is 5.79. The van der Waals surface area contributed by atoms with E-state index in [0.29, 0.717) is 0 Å². The molecule has 0 radical (unpaired) electrons. The zero-order valence-corrected chi connectivity index (χ0v) is 11.6. The van der Waals surface area contributed by atoms with Crippen LogP contribution in [0.15, 0.2) is 24.3 Å². The Morgan fingerprint density at radius 1 is 1.30 bits per heavy atom. The van der Waals surface area contributed by atoms with Gasteiger partial charge in [0.1, 0.15) is 23.8 Å². The maximum Gasteiger partial charge on any atom is 0.379 e. The largest absolute Gasteiger partial charge is 0.424 e. The molecule has 1 aliphatic rings. The third kappa shape index (κ3) is 3.56. The monoisotopic (exact) mass is 306 g/mol. The van der Waals surface area contributed by atoms with Crippen LogP contribution in [0.2, 0.25) is 0 Å². The predicted octanol–water partition coefficient (Wildman–Crippen LogP) is 0.899. The quantitative estimate of drug-likeness (QED) is 0.715. The molecule has 2 rings (SSSR count). The van der Waals surface area contributed by atoms with E-state index in [0.717, 1.165) is 12.1 Å². The SMILES string of the molecule is C[C@H]1O[C@H](CP(=O)(O)Oc2ccc(F)cc2)[C@H](O)C1O. The van der Waals surface area contributed by atoms with Crippen molar-refractivity contribution >= 4 is 7.60 Å². The van der Waals surface area contributed by atoms with Crippen LogP contribution in [-0.4, -0.2) is 45.7 Å². The first-order valence-electron chi connectivity index (χ1n) is 6.07. The Labute approximate surface area is 115 Å². The van der Waals surface area contributed by atoms with Crippen LogP contribution in [0.5, 0.6) is 5.75 Å². The summed E-state index contributed by atoms with van der Waals surface area (Å²) in [6, 6.07) is 4.65. The summed E-state index contributed by atoms with van der Waals surface area (Å²) in [5, 5.41) is 19.2. The van der Waals surface area contributed by atoms with E-state index in [4.69, 9.17) is 9.26 Å². The summed E-state index contributed by atoms with van der Waals surface area (Å²) in [6.45, 7) is 1.55. The van der Waals surface area contributed by atoms with Gasteiger partial charge in [-0.25, -0.2) is 8.96 Å². The van der Waals surface area contributed by atoms with Gasteiger partial charge in [-0.3, -0.25) is 0 Å². The van der Waals surface area contributed by atoms with Crippen LogP contribution in [0.25, 0.3) is 0 Å². The smallest absolute Gasteiger partial charge is 0.379 e. The average Bonchev–Trinajstić information content (AvgIpc) is 2.59. The molecule has 0 aliphatic carbocycles. The first-order chi connectivity index (χ1) is 9.28. The van der Waals surface area contributed by atoms with E-state index in [1.807, 2.05) is 0 Å². The van der Waals surface area contributed by atoms with Crippen molar-refractivity contribution in [3.05, 3.63) is 30.1 Å². The second-order valence-corrected chi connectivity index (χ2v) is 6.55. The Bertz CT molecular complexity index is 507. The predicted molar refractivity (Wildman–Crippen MR) is 68.1 cm³/mol. The molecular weight excluding hydrogens is 290 g/mol. The van der Waals surface area contributed by atoms with E-state index < -0.39 is 44.0 Å². The van der Waals surface area contributed by atoms with Crippen LogP contribution < -0.4 is 4.52 Å². The fourth-order valence-corrected chi connectivity index (χ4v) is 3.29. The first kappa shape index (κ1) is 15.4. The molecule has 1 heterocycles. The summed E-state index contributed by atoms with van der Waals surface area (Å²) in [5.74, 6) is -0.449. The number of aliphatic hydroxyl groups is 2. The number of halogens is 1. The van der Waals surface area contributed by atoms with Gasteiger partial charge < -0.3 is 24.4 Å². The summed E-state index contributed by atoms with van der Waals surface area (Å²) >= 11 is 0. The lowest BCUT2D eigenvalue weighted by Crippen LogP contribution is -2.33. The van der Waals surface area contributed by atoms with Crippen LogP contribution in [0.1, 0.15) is 6.92 Å². The summed E-state index contributed by atoms with van der Waals surface area (Å²) < 4.78 is 34.8. The third-order valence-corrected chi connectivity index (χ3v) is 4.39. The minimum Gasteiger partial charge on any atom is -0.424 e. The van der Waals surface area contributed by atoms with Gasteiger partial charge in [0.15, 0.2) is 0 Å². The number of benzene rings is 1. The van der Waals surface area contributed by atoms with Gasteiger partial charge in [0.25, 0.3) is 0 Å². The highest BCUT2D eigenvalue weighted by molar-refractivity contribution is 7.53. The first-order valence-corrected chi connectivity index (χ1v) is 7.83. The summed E-state index contributed by atoms with van der Waals surface area (Å²) in [7, 11) is -4.09. The van der Waals surface area contributed by atoms with Crippen LogP contribution >= 0.6 is 7.60 Å². The number of hydrogen-bond acceptors (Lipinski definition) is 5. The molecule has 1 saturated heterocycles. The van der Waals surface area contributed by atoms with Gasteiger partial charge in [0.2, 0.25) is 0 Å². The summed E-state index contributed by atoms with van der Waals surface area (Å²) in [6.07, 6.45) is -4.43. The average molecular weight is 306 g/mol. The molecule has 0 saturated carbocycles. The Balaban J connectivity index is 2.01. The molecule has 0 spiro atoms. The summed E-state index contributed by atoms with van der Waals surface area (Å²) in [4.78, 5) is 9.75. The molecule has 1 fully saturated rings. The maximum absolute atomic E-state index is 12.7. The van der Waals surface area contributed by atoms with Gasteiger partial charge in [-0.15, -0.1) is 0 Å². The maximum atomic E-state index is 12.7. The van der Waals surface area contributed by atoms with E-state index in [1.165, 1.54) is 12.1 Å². The van der Waals surface area contributed by atoms with E-state index in [2.05, 4.69) is 0 Å². The standard InChI is InChI=1S/C12H16FO6P/c1-7-11(14)12(15)10(18-7)6-20(16,17)19-9-4-2-8(13)3-5-9/h2-5,7,10-12,14-15H,6H2,1H3,(H,16,17)/t7-,10-,11?,12+/m1/s1. The number of ether oxygens (including phenoxy) is 1. The molecule has 1 aliphatic heterocycles. The minimum atomic E-state index is -4.09. The lowest BCUT2D eigenvalue weighted by Gasteiger charge is -2.19. The number of rotatable bonds is 4. The van der Waals surface area contributed by atoms with Crippen molar-refractivity contribution in [1.29, 1.82) is 0 Å². The van der Waals surface area contributed by atoms with Gasteiger partial charge >= 0.3 is 7.60 Å². The van der Waals surface area contributed by atoms with E-state index >= 15 is 0 Å². The van der Waals surface area contributed by atoms with E-state index in [1.54, 1.807) is 6.92 Å².